The zero-order valence-electron chi connectivity index (χ0n) is 22.2. The molecule has 1 aliphatic heterocycles. The number of methoxy groups -OCH3 is 1. The molecule has 1 aliphatic rings. The monoisotopic (exact) mass is 542 g/mol. The van der Waals surface area contributed by atoms with Gasteiger partial charge in [-0.1, -0.05) is 36.4 Å². The van der Waals surface area contributed by atoms with Crippen molar-refractivity contribution < 1.29 is 23.5 Å². The first-order valence-electron chi connectivity index (χ1n) is 13.1. The maximum atomic E-state index is 13.8. The number of hydrogen-bond donors (Lipinski definition) is 1. The lowest BCUT2D eigenvalue weighted by Crippen LogP contribution is -2.49. The van der Waals surface area contributed by atoms with Gasteiger partial charge < -0.3 is 29.2 Å². The van der Waals surface area contributed by atoms with Crippen molar-refractivity contribution in [2.45, 2.75) is 12.6 Å². The van der Waals surface area contributed by atoms with E-state index in [4.69, 9.17) is 9.47 Å². The zero-order chi connectivity index (χ0) is 27.9. The summed E-state index contributed by atoms with van der Waals surface area (Å²) in [7, 11) is 1.53. The Morgan fingerprint density at radius 1 is 0.950 bits per heavy atom. The SMILES string of the molecule is COCCN(CC(=O)N1CCn2cccc2[C@H]1c1cccc(Oc2ccccc2)c1)C(=O)Nc1cccc(F)c1. The summed E-state index contributed by atoms with van der Waals surface area (Å²) in [4.78, 5) is 30.1. The highest BCUT2D eigenvalue weighted by Crippen LogP contribution is 2.35. The second kappa shape index (κ2) is 12.5. The van der Waals surface area contributed by atoms with Crippen LogP contribution in [0.25, 0.3) is 0 Å². The summed E-state index contributed by atoms with van der Waals surface area (Å²) >= 11 is 0. The smallest absolute Gasteiger partial charge is 0.322 e. The number of para-hydroxylation sites is 1. The molecule has 0 aliphatic carbocycles. The van der Waals surface area contributed by atoms with Gasteiger partial charge in [0, 0.05) is 44.3 Å². The van der Waals surface area contributed by atoms with E-state index in [1.54, 1.807) is 11.0 Å². The predicted molar refractivity (Wildman–Crippen MR) is 150 cm³/mol. The maximum Gasteiger partial charge on any atom is 0.322 e. The highest BCUT2D eigenvalue weighted by atomic mass is 19.1. The number of amides is 3. The highest BCUT2D eigenvalue weighted by Gasteiger charge is 2.33. The minimum atomic E-state index is -0.508. The Hall–Kier alpha value is -4.63. The lowest BCUT2D eigenvalue weighted by Gasteiger charge is -2.38. The van der Waals surface area contributed by atoms with Crippen molar-refractivity contribution in [3.05, 3.63) is 114 Å². The molecule has 40 heavy (non-hydrogen) atoms. The van der Waals surface area contributed by atoms with Gasteiger partial charge >= 0.3 is 6.03 Å². The lowest BCUT2D eigenvalue weighted by atomic mass is 9.99. The third kappa shape index (κ3) is 6.32. The Kier molecular flexibility index (Phi) is 8.41. The van der Waals surface area contributed by atoms with Gasteiger partial charge in [-0.2, -0.15) is 0 Å². The molecule has 2 heterocycles. The Morgan fingerprint density at radius 3 is 2.55 bits per heavy atom. The van der Waals surface area contributed by atoms with Crippen LogP contribution in [0.2, 0.25) is 0 Å². The summed E-state index contributed by atoms with van der Waals surface area (Å²) in [6.45, 7) is 1.38. The minimum Gasteiger partial charge on any atom is -0.457 e. The molecule has 0 saturated heterocycles. The average Bonchev–Trinajstić information content (AvgIpc) is 3.44. The van der Waals surface area contributed by atoms with E-state index < -0.39 is 11.8 Å². The number of anilines is 1. The molecule has 9 heteroatoms. The van der Waals surface area contributed by atoms with E-state index in [0.717, 1.165) is 17.0 Å². The van der Waals surface area contributed by atoms with Gasteiger partial charge in [0.1, 0.15) is 23.9 Å². The van der Waals surface area contributed by atoms with Crippen LogP contribution >= 0.6 is 0 Å². The molecule has 1 N–H and O–H groups in total. The van der Waals surface area contributed by atoms with Gasteiger partial charge in [0.25, 0.3) is 0 Å². The number of nitrogens with zero attached hydrogens (tertiary/aromatic N) is 3. The fourth-order valence-corrected chi connectivity index (χ4v) is 4.85. The molecule has 8 nitrogen and oxygen atoms in total. The van der Waals surface area contributed by atoms with Gasteiger partial charge in [0.2, 0.25) is 5.91 Å². The molecular weight excluding hydrogens is 511 g/mol. The van der Waals surface area contributed by atoms with Crippen LogP contribution in [0.3, 0.4) is 0 Å². The molecular formula is C31H31FN4O4. The van der Waals surface area contributed by atoms with Crippen molar-refractivity contribution in [2.75, 3.05) is 38.7 Å². The Balaban J connectivity index is 1.39. The van der Waals surface area contributed by atoms with Crippen molar-refractivity contribution in [3.8, 4) is 11.5 Å². The molecule has 0 unspecified atom stereocenters. The summed E-state index contributed by atoms with van der Waals surface area (Å²) in [5, 5.41) is 2.69. The fourth-order valence-electron chi connectivity index (χ4n) is 4.85. The van der Waals surface area contributed by atoms with Gasteiger partial charge in [0.05, 0.1) is 12.6 Å². The molecule has 0 saturated carbocycles. The Bertz CT molecular complexity index is 1460. The number of halogens is 1. The van der Waals surface area contributed by atoms with E-state index >= 15 is 0 Å². The first-order chi connectivity index (χ1) is 19.5. The van der Waals surface area contributed by atoms with E-state index in [2.05, 4.69) is 9.88 Å². The maximum absolute atomic E-state index is 13.8. The normalized spacial score (nSPS) is 14.3. The van der Waals surface area contributed by atoms with E-state index in [-0.39, 0.29) is 31.6 Å². The van der Waals surface area contributed by atoms with Crippen LogP contribution in [0.4, 0.5) is 14.9 Å². The molecule has 0 bridgehead atoms. The molecule has 0 spiro atoms. The first kappa shape index (κ1) is 27.0. The van der Waals surface area contributed by atoms with Crippen LogP contribution in [-0.4, -0.2) is 59.7 Å². The van der Waals surface area contributed by atoms with Crippen LogP contribution in [-0.2, 0) is 16.1 Å². The van der Waals surface area contributed by atoms with Crippen molar-refractivity contribution >= 4 is 17.6 Å². The Labute approximate surface area is 232 Å². The quantitative estimate of drug-likeness (QED) is 0.302. The van der Waals surface area contributed by atoms with Gasteiger partial charge in [0.15, 0.2) is 0 Å². The second-order valence-corrected chi connectivity index (χ2v) is 9.46. The molecule has 1 atom stereocenters. The second-order valence-electron chi connectivity index (χ2n) is 9.46. The molecule has 3 aromatic carbocycles. The van der Waals surface area contributed by atoms with Gasteiger partial charge in [-0.3, -0.25) is 4.79 Å². The average molecular weight is 543 g/mol. The summed E-state index contributed by atoms with van der Waals surface area (Å²) in [6, 6.07) is 26.0. The number of ether oxygens (including phenoxy) is 2. The summed E-state index contributed by atoms with van der Waals surface area (Å²) < 4.78 is 27.1. The number of hydrogen-bond acceptors (Lipinski definition) is 4. The highest BCUT2D eigenvalue weighted by molar-refractivity contribution is 5.92. The fraction of sp³-hybridized carbons (Fsp3) is 0.226. The molecule has 3 amide bonds. The van der Waals surface area contributed by atoms with E-state index in [1.807, 2.05) is 72.9 Å². The topological polar surface area (TPSA) is 76.0 Å². The van der Waals surface area contributed by atoms with E-state index in [1.165, 1.54) is 30.2 Å². The zero-order valence-corrected chi connectivity index (χ0v) is 22.2. The van der Waals surface area contributed by atoms with Crippen molar-refractivity contribution in [3.63, 3.8) is 0 Å². The third-order valence-corrected chi connectivity index (χ3v) is 6.77. The number of carbonyl (C=O) groups excluding carboxylic acids is 2. The molecule has 1 aromatic heterocycles. The van der Waals surface area contributed by atoms with Crippen LogP contribution in [0.15, 0.2) is 97.2 Å². The number of fused-ring (bicyclic) bond motifs is 1. The lowest BCUT2D eigenvalue weighted by molar-refractivity contribution is -0.134. The summed E-state index contributed by atoms with van der Waals surface area (Å²) in [5.74, 6) is 0.709. The summed E-state index contributed by atoms with van der Waals surface area (Å²) in [6.07, 6.45) is 2.01. The van der Waals surface area contributed by atoms with Crippen molar-refractivity contribution in [1.82, 2.24) is 14.4 Å². The van der Waals surface area contributed by atoms with E-state index in [9.17, 15) is 14.0 Å². The first-order valence-corrected chi connectivity index (χ1v) is 13.1. The molecule has 0 radical (unpaired) electrons. The van der Waals surface area contributed by atoms with Crippen LogP contribution in [0.5, 0.6) is 11.5 Å². The van der Waals surface area contributed by atoms with E-state index in [0.29, 0.717) is 24.5 Å². The van der Waals surface area contributed by atoms with Gasteiger partial charge in [-0.05, 0) is 60.2 Å². The van der Waals surface area contributed by atoms with Gasteiger partial charge in [-0.25, -0.2) is 9.18 Å². The Morgan fingerprint density at radius 2 is 1.75 bits per heavy atom. The van der Waals surface area contributed by atoms with Crippen LogP contribution in [0.1, 0.15) is 17.3 Å². The van der Waals surface area contributed by atoms with Crippen LogP contribution < -0.4 is 10.1 Å². The number of carbonyl (C=O) groups is 2. The number of rotatable bonds is 9. The summed E-state index contributed by atoms with van der Waals surface area (Å²) in [5.41, 5.74) is 2.18. The molecule has 5 rings (SSSR count). The molecule has 0 fully saturated rings. The third-order valence-electron chi connectivity index (χ3n) is 6.77. The minimum absolute atomic E-state index is 0.165. The number of benzene rings is 3. The van der Waals surface area contributed by atoms with Crippen LogP contribution in [0, 0.1) is 5.82 Å². The number of nitrogens with one attached hydrogen (secondary N) is 1. The molecule has 206 valence electrons. The predicted octanol–water partition coefficient (Wildman–Crippen LogP) is 5.53. The van der Waals surface area contributed by atoms with Crippen molar-refractivity contribution in [1.29, 1.82) is 0 Å². The number of aromatic nitrogens is 1. The van der Waals surface area contributed by atoms with Crippen molar-refractivity contribution in [2.24, 2.45) is 0 Å². The van der Waals surface area contributed by atoms with Gasteiger partial charge in [-0.15, -0.1) is 0 Å². The molecule has 4 aromatic rings. The number of urea groups is 1. The largest absolute Gasteiger partial charge is 0.457 e. The standard InChI is InChI=1S/C31H31FN4O4/c1-39-19-18-35(31(38)33-25-10-6-9-24(32)21-25)22-29(37)36-17-16-34-15-7-14-28(34)30(36)23-8-5-13-27(20-23)40-26-11-3-2-4-12-26/h2-15,20-21,30H,16-19,22H2,1H3,(H,33,38)/t30-/m1/s1.